The molecular formula is C23H23ClN4O2S. The molecule has 0 saturated carbocycles. The highest BCUT2D eigenvalue weighted by Gasteiger charge is 2.43. The van der Waals surface area contributed by atoms with Crippen molar-refractivity contribution in [1.82, 2.24) is 4.90 Å². The number of rotatable bonds is 5. The molecule has 8 heteroatoms. The number of nitrogens with zero attached hydrogens (tertiary/aromatic N) is 3. The van der Waals surface area contributed by atoms with Gasteiger partial charge in [-0.05, 0) is 37.1 Å². The number of amides is 2. The summed E-state index contributed by atoms with van der Waals surface area (Å²) in [4.78, 5) is 37.1. The standard InChI is InChI=1S/C23H23ClN4O2S/c1-4-13(2)19-22(30)28-20(27-19)15-9-5-7-11-17(15)26-23(28)31-14(3)21(29)25-18-12-8-6-10-16(18)24/h5-14,19H,4H2,1-3H3,(H,25,29)/t13-,14-,19-/m0/s1. The summed E-state index contributed by atoms with van der Waals surface area (Å²) in [5.74, 6) is 0.416. The Hall–Kier alpha value is -2.64. The fraction of sp³-hybridized carbons (Fsp3) is 0.304. The molecule has 2 aromatic rings. The molecule has 0 spiro atoms. The first-order chi connectivity index (χ1) is 14.9. The van der Waals surface area contributed by atoms with Crippen LogP contribution >= 0.6 is 23.4 Å². The van der Waals surface area contributed by atoms with Gasteiger partial charge in [-0.1, -0.05) is 67.9 Å². The second-order valence-electron chi connectivity index (χ2n) is 7.60. The van der Waals surface area contributed by atoms with Gasteiger partial charge in [-0.2, -0.15) is 0 Å². The van der Waals surface area contributed by atoms with E-state index in [4.69, 9.17) is 21.6 Å². The summed E-state index contributed by atoms with van der Waals surface area (Å²) < 4.78 is 0. The fourth-order valence-corrected chi connectivity index (χ4v) is 4.55. The lowest BCUT2D eigenvalue weighted by atomic mass is 10.00. The second-order valence-corrected chi connectivity index (χ2v) is 9.31. The number of hydrogen-bond donors (Lipinski definition) is 1. The molecule has 1 N–H and O–H groups in total. The van der Waals surface area contributed by atoms with Crippen molar-refractivity contribution in [3.63, 3.8) is 0 Å². The Labute approximate surface area is 190 Å². The highest BCUT2D eigenvalue weighted by molar-refractivity contribution is 8.15. The van der Waals surface area contributed by atoms with Gasteiger partial charge in [0.15, 0.2) is 5.17 Å². The summed E-state index contributed by atoms with van der Waals surface area (Å²) in [6.07, 6.45) is 0.846. The number of nitrogens with one attached hydrogen (secondary N) is 1. The Kier molecular flexibility index (Phi) is 6.16. The van der Waals surface area contributed by atoms with Gasteiger partial charge in [0.1, 0.15) is 11.9 Å². The number of benzene rings is 2. The minimum atomic E-state index is -0.503. The van der Waals surface area contributed by atoms with Gasteiger partial charge in [0.25, 0.3) is 5.91 Å². The van der Waals surface area contributed by atoms with Crippen molar-refractivity contribution in [1.29, 1.82) is 0 Å². The Bertz CT molecular complexity index is 1100. The maximum atomic E-state index is 13.2. The van der Waals surface area contributed by atoms with Crippen molar-refractivity contribution < 1.29 is 9.59 Å². The first-order valence-corrected chi connectivity index (χ1v) is 11.5. The van der Waals surface area contributed by atoms with Crippen molar-refractivity contribution in [3.8, 4) is 0 Å². The molecule has 0 unspecified atom stereocenters. The summed E-state index contributed by atoms with van der Waals surface area (Å²) in [7, 11) is 0. The van der Waals surface area contributed by atoms with E-state index in [9.17, 15) is 9.59 Å². The number of hydrogen-bond acceptors (Lipinski definition) is 5. The molecule has 0 fully saturated rings. The predicted octanol–water partition coefficient (Wildman–Crippen LogP) is 5.11. The van der Waals surface area contributed by atoms with Crippen LogP contribution in [0.4, 0.5) is 11.4 Å². The van der Waals surface area contributed by atoms with Gasteiger partial charge in [0.05, 0.1) is 21.6 Å². The van der Waals surface area contributed by atoms with Crippen LogP contribution in [-0.2, 0) is 9.59 Å². The van der Waals surface area contributed by atoms with Crippen molar-refractivity contribution >= 4 is 57.6 Å². The summed E-state index contributed by atoms with van der Waals surface area (Å²) in [5, 5.41) is 3.28. The van der Waals surface area contributed by atoms with Crippen LogP contribution in [0.1, 0.15) is 32.8 Å². The Morgan fingerprint density at radius 1 is 1.19 bits per heavy atom. The molecule has 4 rings (SSSR count). The number of carbonyl (C=O) groups excluding carboxylic acids is 2. The van der Waals surface area contributed by atoms with Gasteiger partial charge in [-0.3, -0.25) is 14.6 Å². The molecule has 3 atom stereocenters. The molecule has 2 aliphatic rings. The van der Waals surface area contributed by atoms with Gasteiger partial charge in [-0.25, -0.2) is 9.89 Å². The molecule has 0 aliphatic carbocycles. The Morgan fingerprint density at radius 3 is 2.65 bits per heavy atom. The predicted molar refractivity (Wildman–Crippen MR) is 127 cm³/mol. The zero-order valence-corrected chi connectivity index (χ0v) is 19.1. The summed E-state index contributed by atoms with van der Waals surface area (Å²) in [5.41, 5.74) is 2.13. The zero-order chi connectivity index (χ0) is 22.1. The zero-order valence-electron chi connectivity index (χ0n) is 17.5. The lowest BCUT2D eigenvalue weighted by molar-refractivity contribution is -0.125. The maximum absolute atomic E-state index is 13.2. The molecule has 0 saturated heterocycles. The largest absolute Gasteiger partial charge is 0.324 e. The van der Waals surface area contributed by atoms with Gasteiger partial charge < -0.3 is 5.32 Å². The van der Waals surface area contributed by atoms with E-state index < -0.39 is 11.3 Å². The third-order valence-electron chi connectivity index (χ3n) is 5.46. The smallest absolute Gasteiger partial charge is 0.259 e. The number of halogens is 1. The van der Waals surface area contributed by atoms with Crippen molar-refractivity contribution in [3.05, 3.63) is 59.1 Å². The van der Waals surface area contributed by atoms with E-state index in [2.05, 4.69) is 5.32 Å². The van der Waals surface area contributed by atoms with Gasteiger partial charge >= 0.3 is 0 Å². The lowest BCUT2D eigenvalue weighted by Gasteiger charge is -2.27. The van der Waals surface area contributed by atoms with Crippen LogP contribution in [-0.4, -0.2) is 39.0 Å². The molecule has 2 amide bonds. The van der Waals surface area contributed by atoms with Crippen LogP contribution < -0.4 is 5.32 Å². The van der Waals surface area contributed by atoms with E-state index in [-0.39, 0.29) is 17.7 Å². The van der Waals surface area contributed by atoms with Crippen LogP contribution in [0, 0.1) is 5.92 Å². The molecule has 31 heavy (non-hydrogen) atoms. The third kappa shape index (κ3) is 4.12. The first-order valence-electron chi connectivity index (χ1n) is 10.2. The number of carbonyl (C=O) groups is 2. The number of fused-ring (bicyclic) bond motifs is 3. The highest BCUT2D eigenvalue weighted by atomic mass is 35.5. The van der Waals surface area contributed by atoms with Crippen LogP contribution in [0.3, 0.4) is 0 Å². The first kappa shape index (κ1) is 21.6. The molecule has 2 aliphatic heterocycles. The third-order valence-corrected chi connectivity index (χ3v) is 6.85. The van der Waals surface area contributed by atoms with Crippen LogP contribution in [0.25, 0.3) is 0 Å². The molecule has 0 aromatic heterocycles. The summed E-state index contributed by atoms with van der Waals surface area (Å²) >= 11 is 7.40. The SMILES string of the molecule is CC[C@H](C)[C@@H]1N=C2c3ccccc3N=C(S[C@@H](C)C(=O)Nc3ccccc3Cl)N2C1=O. The molecule has 2 heterocycles. The number of aliphatic imine (C=N–C) groups is 2. The molecule has 160 valence electrons. The molecule has 0 radical (unpaired) electrons. The summed E-state index contributed by atoms with van der Waals surface area (Å²) in [6, 6.07) is 14.3. The van der Waals surface area contributed by atoms with Gasteiger partial charge in [0.2, 0.25) is 5.91 Å². The quantitative estimate of drug-likeness (QED) is 0.682. The average Bonchev–Trinajstić information content (AvgIpc) is 3.12. The Balaban J connectivity index is 1.61. The van der Waals surface area contributed by atoms with Crippen LogP contribution in [0.15, 0.2) is 58.5 Å². The number of thioether (sulfide) groups is 1. The van der Waals surface area contributed by atoms with E-state index in [0.717, 1.165) is 17.7 Å². The number of amidine groups is 2. The fourth-order valence-electron chi connectivity index (χ4n) is 3.45. The number of para-hydroxylation sites is 2. The van der Waals surface area contributed by atoms with E-state index >= 15 is 0 Å². The minimum Gasteiger partial charge on any atom is -0.324 e. The molecule has 2 aromatic carbocycles. The van der Waals surface area contributed by atoms with Crippen LogP contribution in [0.2, 0.25) is 5.02 Å². The number of anilines is 1. The van der Waals surface area contributed by atoms with E-state index in [1.165, 1.54) is 11.8 Å². The second kappa shape index (κ2) is 8.85. The minimum absolute atomic E-state index is 0.0937. The van der Waals surface area contributed by atoms with E-state index in [0.29, 0.717) is 21.7 Å². The van der Waals surface area contributed by atoms with Crippen LogP contribution in [0.5, 0.6) is 0 Å². The van der Waals surface area contributed by atoms with E-state index in [1.54, 1.807) is 30.0 Å². The maximum Gasteiger partial charge on any atom is 0.259 e. The van der Waals surface area contributed by atoms with Gasteiger partial charge in [-0.15, -0.1) is 0 Å². The summed E-state index contributed by atoms with van der Waals surface area (Å²) in [6.45, 7) is 5.86. The topological polar surface area (TPSA) is 74.1 Å². The molecule has 6 nitrogen and oxygen atoms in total. The molecule has 0 bridgehead atoms. The van der Waals surface area contributed by atoms with Crippen molar-refractivity contribution in [2.24, 2.45) is 15.9 Å². The normalized spacial score (nSPS) is 19.2. The Morgan fingerprint density at radius 2 is 1.90 bits per heavy atom. The monoisotopic (exact) mass is 454 g/mol. The van der Waals surface area contributed by atoms with Gasteiger partial charge in [0, 0.05) is 5.56 Å². The van der Waals surface area contributed by atoms with E-state index in [1.807, 2.05) is 44.2 Å². The van der Waals surface area contributed by atoms with Crippen molar-refractivity contribution in [2.75, 3.05) is 5.32 Å². The van der Waals surface area contributed by atoms with Crippen molar-refractivity contribution in [2.45, 2.75) is 38.5 Å². The lowest BCUT2D eigenvalue weighted by Crippen LogP contribution is -2.43. The highest BCUT2D eigenvalue weighted by Crippen LogP contribution is 2.36. The average molecular weight is 455 g/mol. The molecular weight excluding hydrogens is 432 g/mol.